The molecule has 1 atom stereocenters. The summed E-state index contributed by atoms with van der Waals surface area (Å²) < 4.78 is 9.66. The number of carbonyl (C=O) groups excluding carboxylic acids is 2. The number of carboxylic acids is 1. The molecule has 0 aliphatic carbocycles. The van der Waals surface area contributed by atoms with Crippen LogP contribution >= 0.6 is 0 Å². The van der Waals surface area contributed by atoms with Gasteiger partial charge in [-0.25, -0.2) is 9.59 Å². The van der Waals surface area contributed by atoms with E-state index < -0.39 is 24.0 Å². The topological polar surface area (TPSA) is 114 Å². The predicted octanol–water partition coefficient (Wildman–Crippen LogP) is 0.119. The lowest BCUT2D eigenvalue weighted by Crippen LogP contribution is -2.47. The van der Waals surface area contributed by atoms with Gasteiger partial charge in [-0.15, -0.1) is 0 Å². The summed E-state index contributed by atoms with van der Waals surface area (Å²) in [6.07, 6.45) is 1.69. The lowest BCUT2D eigenvalue weighted by atomic mass is 10.0. The molecule has 2 amide bonds. The fourth-order valence-corrected chi connectivity index (χ4v) is 2.02. The number of rotatable bonds is 7. The zero-order chi connectivity index (χ0) is 15.7. The molecule has 0 saturated carbocycles. The zero-order valence-electron chi connectivity index (χ0n) is 12.1. The van der Waals surface area contributed by atoms with Gasteiger partial charge in [0.2, 0.25) is 0 Å². The number of methoxy groups -OCH3 is 1. The smallest absolute Gasteiger partial charge is 0.326 e. The minimum absolute atomic E-state index is 0.00725. The summed E-state index contributed by atoms with van der Waals surface area (Å²) in [5.41, 5.74) is 0. The molecule has 1 fully saturated rings. The molecule has 1 saturated heterocycles. The van der Waals surface area contributed by atoms with Crippen molar-refractivity contribution in [3.63, 3.8) is 0 Å². The van der Waals surface area contributed by atoms with Crippen LogP contribution in [-0.4, -0.2) is 56.0 Å². The van der Waals surface area contributed by atoms with Crippen molar-refractivity contribution in [1.29, 1.82) is 0 Å². The monoisotopic (exact) mass is 302 g/mol. The number of nitrogens with one attached hydrogen (secondary N) is 2. The molecule has 0 radical (unpaired) electrons. The zero-order valence-corrected chi connectivity index (χ0v) is 12.1. The number of ether oxygens (including phenoxy) is 2. The molecule has 8 heteroatoms. The molecule has 1 heterocycles. The van der Waals surface area contributed by atoms with Gasteiger partial charge in [0, 0.05) is 26.2 Å². The highest BCUT2D eigenvalue weighted by molar-refractivity contribution is 5.83. The first-order chi connectivity index (χ1) is 10.0. The molecule has 21 heavy (non-hydrogen) atoms. The maximum Gasteiger partial charge on any atom is 0.326 e. The lowest BCUT2D eigenvalue weighted by Gasteiger charge is -2.22. The van der Waals surface area contributed by atoms with E-state index in [1.807, 2.05) is 0 Å². The third-order valence-corrected chi connectivity index (χ3v) is 3.36. The second kappa shape index (κ2) is 9.17. The maximum atomic E-state index is 11.7. The van der Waals surface area contributed by atoms with E-state index in [0.29, 0.717) is 25.7 Å². The third kappa shape index (κ3) is 6.94. The van der Waals surface area contributed by atoms with Crippen LogP contribution in [0.1, 0.15) is 25.7 Å². The molecule has 0 bridgehead atoms. The Morgan fingerprint density at radius 1 is 1.33 bits per heavy atom. The SMILES string of the molecule is COC(=O)CC[C@H](NC(=O)NCC1CCOCC1)C(=O)O. The Morgan fingerprint density at radius 3 is 2.57 bits per heavy atom. The number of esters is 1. The molecule has 1 aliphatic rings. The first kappa shape index (κ1) is 17.2. The van der Waals surface area contributed by atoms with Gasteiger partial charge in [-0.3, -0.25) is 4.79 Å². The van der Waals surface area contributed by atoms with Crippen LogP contribution in [0.15, 0.2) is 0 Å². The Bertz CT molecular complexity index is 368. The Labute approximate surface area is 123 Å². The van der Waals surface area contributed by atoms with E-state index in [1.165, 1.54) is 7.11 Å². The van der Waals surface area contributed by atoms with Gasteiger partial charge in [-0.05, 0) is 25.2 Å². The van der Waals surface area contributed by atoms with Crippen LogP contribution in [0.4, 0.5) is 4.79 Å². The maximum absolute atomic E-state index is 11.7. The molecule has 3 N–H and O–H groups in total. The largest absolute Gasteiger partial charge is 0.480 e. The summed E-state index contributed by atoms with van der Waals surface area (Å²) in [5.74, 6) is -1.34. The molecule has 1 rings (SSSR count). The van der Waals surface area contributed by atoms with E-state index >= 15 is 0 Å². The van der Waals surface area contributed by atoms with Gasteiger partial charge in [0.25, 0.3) is 0 Å². The molecule has 0 aromatic carbocycles. The number of urea groups is 1. The van der Waals surface area contributed by atoms with Crippen LogP contribution in [0.3, 0.4) is 0 Å². The summed E-state index contributed by atoms with van der Waals surface area (Å²) in [7, 11) is 1.23. The molecular weight excluding hydrogens is 280 g/mol. The fraction of sp³-hybridized carbons (Fsp3) is 0.769. The van der Waals surface area contributed by atoms with Gasteiger partial charge in [0.05, 0.1) is 7.11 Å². The van der Waals surface area contributed by atoms with Crippen LogP contribution in [0.5, 0.6) is 0 Å². The molecule has 0 aromatic rings. The summed E-state index contributed by atoms with van der Waals surface area (Å²) >= 11 is 0. The van der Waals surface area contributed by atoms with E-state index in [4.69, 9.17) is 9.84 Å². The van der Waals surface area contributed by atoms with Gasteiger partial charge >= 0.3 is 18.0 Å². The lowest BCUT2D eigenvalue weighted by molar-refractivity contribution is -0.142. The summed E-state index contributed by atoms with van der Waals surface area (Å²) in [6.45, 7) is 1.86. The van der Waals surface area contributed by atoms with Crippen molar-refractivity contribution in [3.05, 3.63) is 0 Å². The molecule has 1 aliphatic heterocycles. The second-order valence-electron chi connectivity index (χ2n) is 4.92. The Kier molecular flexibility index (Phi) is 7.52. The van der Waals surface area contributed by atoms with E-state index in [1.54, 1.807) is 0 Å². The van der Waals surface area contributed by atoms with Crippen molar-refractivity contribution in [1.82, 2.24) is 10.6 Å². The molecule has 8 nitrogen and oxygen atoms in total. The van der Waals surface area contributed by atoms with E-state index in [2.05, 4.69) is 15.4 Å². The first-order valence-electron chi connectivity index (χ1n) is 6.94. The normalized spacial score (nSPS) is 16.8. The second-order valence-corrected chi connectivity index (χ2v) is 4.92. The fourth-order valence-electron chi connectivity index (χ4n) is 2.02. The molecule has 0 spiro atoms. The van der Waals surface area contributed by atoms with Crippen molar-refractivity contribution >= 4 is 18.0 Å². The predicted molar refractivity (Wildman–Crippen MR) is 72.8 cm³/mol. The number of carboxylic acid groups (broad SMARTS) is 1. The van der Waals surface area contributed by atoms with Crippen molar-refractivity contribution in [2.75, 3.05) is 26.9 Å². The van der Waals surface area contributed by atoms with Gasteiger partial charge in [-0.1, -0.05) is 0 Å². The Balaban J connectivity index is 2.30. The van der Waals surface area contributed by atoms with Crippen LogP contribution in [0.2, 0.25) is 0 Å². The van der Waals surface area contributed by atoms with E-state index in [0.717, 1.165) is 12.8 Å². The van der Waals surface area contributed by atoms with Crippen LogP contribution in [0, 0.1) is 5.92 Å². The summed E-state index contributed by atoms with van der Waals surface area (Å²) in [6, 6.07) is -1.66. The van der Waals surface area contributed by atoms with Gasteiger partial charge in [0.1, 0.15) is 6.04 Å². The summed E-state index contributed by atoms with van der Waals surface area (Å²) in [4.78, 5) is 33.7. The van der Waals surface area contributed by atoms with Crippen molar-refractivity contribution in [2.45, 2.75) is 31.7 Å². The van der Waals surface area contributed by atoms with Crippen molar-refractivity contribution in [2.24, 2.45) is 5.92 Å². The van der Waals surface area contributed by atoms with Crippen molar-refractivity contribution in [3.8, 4) is 0 Å². The first-order valence-corrected chi connectivity index (χ1v) is 6.94. The number of amides is 2. The minimum Gasteiger partial charge on any atom is -0.480 e. The van der Waals surface area contributed by atoms with E-state index in [9.17, 15) is 14.4 Å². The highest BCUT2D eigenvalue weighted by Gasteiger charge is 2.22. The van der Waals surface area contributed by atoms with Gasteiger partial charge in [-0.2, -0.15) is 0 Å². The third-order valence-electron chi connectivity index (χ3n) is 3.36. The standard InChI is InChI=1S/C13H22N2O6/c1-20-11(16)3-2-10(12(17)18)15-13(19)14-8-9-4-6-21-7-5-9/h9-10H,2-8H2,1H3,(H,17,18)(H2,14,15,19)/t10-/m0/s1. The number of aliphatic carboxylic acids is 1. The molecule has 120 valence electrons. The summed E-state index contributed by atoms with van der Waals surface area (Å²) in [5, 5.41) is 14.0. The van der Waals surface area contributed by atoms with Crippen LogP contribution in [-0.2, 0) is 19.1 Å². The average molecular weight is 302 g/mol. The molecular formula is C13H22N2O6. The molecule has 0 aromatic heterocycles. The van der Waals surface area contributed by atoms with Gasteiger partial charge in [0.15, 0.2) is 0 Å². The van der Waals surface area contributed by atoms with Gasteiger partial charge < -0.3 is 25.2 Å². The quantitative estimate of drug-likeness (QED) is 0.575. The van der Waals surface area contributed by atoms with Crippen LogP contribution < -0.4 is 10.6 Å². The minimum atomic E-state index is -1.18. The van der Waals surface area contributed by atoms with E-state index in [-0.39, 0.29) is 12.8 Å². The Morgan fingerprint density at radius 2 is 2.00 bits per heavy atom. The van der Waals surface area contributed by atoms with Crippen molar-refractivity contribution < 1.29 is 29.0 Å². The highest BCUT2D eigenvalue weighted by Crippen LogP contribution is 2.13. The molecule has 0 unspecified atom stereocenters. The Hall–Kier alpha value is -1.83. The highest BCUT2D eigenvalue weighted by atomic mass is 16.5. The number of carbonyl (C=O) groups is 3. The number of hydrogen-bond donors (Lipinski definition) is 3. The van der Waals surface area contributed by atoms with Crippen LogP contribution in [0.25, 0.3) is 0 Å². The number of hydrogen-bond acceptors (Lipinski definition) is 5. The average Bonchev–Trinajstić information content (AvgIpc) is 2.49.